The van der Waals surface area contributed by atoms with Gasteiger partial charge in [-0.15, -0.1) is 0 Å². The fourth-order valence-electron chi connectivity index (χ4n) is 4.52. The summed E-state index contributed by atoms with van der Waals surface area (Å²) in [5, 5.41) is 6.33. The highest BCUT2D eigenvalue weighted by Crippen LogP contribution is 2.41. The quantitative estimate of drug-likeness (QED) is 0.274. The minimum Gasteiger partial charge on any atom is -0.490 e. The molecule has 2 atom stereocenters. The number of fused-ring (bicyclic) bond motifs is 1. The van der Waals surface area contributed by atoms with Gasteiger partial charge in [-0.2, -0.15) is 5.10 Å². The molecule has 4 heterocycles. The summed E-state index contributed by atoms with van der Waals surface area (Å²) in [5.41, 5.74) is 3.08. The standard InChI is InChI=1S/C27H23Cl2N5O3/c1-33-13-21-25(12-24(31-26(21)32-33)18-5-3-2-4-6-18)35-14-20-15-36-27(37-20,16-34-10-9-30-17-34)22-8-7-19(28)11-23(22)29/h2-13,17,20H,14-16H2,1H3. The Morgan fingerprint density at radius 3 is 2.78 bits per heavy atom. The van der Waals surface area contributed by atoms with Crippen LogP contribution in [0.4, 0.5) is 0 Å². The van der Waals surface area contributed by atoms with E-state index in [1.807, 2.05) is 66.5 Å². The Balaban J connectivity index is 1.28. The number of rotatable bonds is 7. The smallest absolute Gasteiger partial charge is 0.215 e. The molecule has 1 aliphatic heterocycles. The van der Waals surface area contributed by atoms with Crippen LogP contribution in [-0.4, -0.2) is 43.6 Å². The summed E-state index contributed by atoms with van der Waals surface area (Å²) in [6, 6.07) is 17.2. The normalized spacial score (nSPS) is 19.5. The number of aromatic nitrogens is 5. The van der Waals surface area contributed by atoms with Gasteiger partial charge in [0, 0.05) is 47.9 Å². The molecule has 0 saturated carbocycles. The van der Waals surface area contributed by atoms with Crippen LogP contribution in [0.3, 0.4) is 0 Å². The van der Waals surface area contributed by atoms with E-state index in [9.17, 15) is 0 Å². The van der Waals surface area contributed by atoms with Crippen molar-refractivity contribution in [2.45, 2.75) is 18.4 Å². The van der Waals surface area contributed by atoms with E-state index >= 15 is 0 Å². The van der Waals surface area contributed by atoms with Crippen molar-refractivity contribution in [1.29, 1.82) is 0 Å². The van der Waals surface area contributed by atoms with E-state index in [2.05, 4.69) is 10.1 Å². The molecule has 6 rings (SSSR count). The monoisotopic (exact) mass is 535 g/mol. The lowest BCUT2D eigenvalue weighted by Crippen LogP contribution is -2.34. The number of pyridine rings is 1. The van der Waals surface area contributed by atoms with Crippen molar-refractivity contribution >= 4 is 34.2 Å². The van der Waals surface area contributed by atoms with Gasteiger partial charge in [0.2, 0.25) is 5.79 Å². The van der Waals surface area contributed by atoms with Crippen LogP contribution < -0.4 is 4.74 Å². The molecule has 2 aromatic carbocycles. The summed E-state index contributed by atoms with van der Waals surface area (Å²) in [5.74, 6) is -0.440. The number of hydrogen-bond acceptors (Lipinski definition) is 6. The SMILES string of the molecule is Cn1cc2c(OCC3COC(Cn4ccnc4)(c4ccc(Cl)cc4Cl)O3)cc(-c3ccccc3)nc2n1. The van der Waals surface area contributed by atoms with Crippen LogP contribution in [0.2, 0.25) is 10.0 Å². The summed E-state index contributed by atoms with van der Waals surface area (Å²) >= 11 is 12.7. The molecule has 2 unspecified atom stereocenters. The average Bonchev–Trinajstić information content (AvgIpc) is 3.63. The maximum atomic E-state index is 6.59. The third kappa shape index (κ3) is 4.81. The minimum absolute atomic E-state index is 0.263. The number of benzene rings is 2. The van der Waals surface area contributed by atoms with Crippen molar-refractivity contribution in [1.82, 2.24) is 24.3 Å². The Bertz CT molecular complexity index is 1540. The van der Waals surface area contributed by atoms with E-state index in [1.54, 1.807) is 29.3 Å². The molecule has 1 aliphatic rings. The molecule has 10 heteroatoms. The summed E-state index contributed by atoms with van der Waals surface area (Å²) in [6.07, 6.45) is 6.82. The lowest BCUT2D eigenvalue weighted by atomic mass is 10.1. The Kier molecular flexibility index (Phi) is 6.34. The van der Waals surface area contributed by atoms with Crippen LogP contribution in [0.1, 0.15) is 5.56 Å². The first kappa shape index (κ1) is 23.9. The summed E-state index contributed by atoms with van der Waals surface area (Å²) in [7, 11) is 1.86. The van der Waals surface area contributed by atoms with Crippen molar-refractivity contribution in [3.63, 3.8) is 0 Å². The molecule has 0 bridgehead atoms. The summed E-state index contributed by atoms with van der Waals surface area (Å²) < 4.78 is 22.8. The van der Waals surface area contributed by atoms with Crippen molar-refractivity contribution in [3.05, 3.63) is 95.1 Å². The minimum atomic E-state index is -1.12. The number of ether oxygens (including phenoxy) is 3. The molecule has 0 aliphatic carbocycles. The molecule has 37 heavy (non-hydrogen) atoms. The Morgan fingerprint density at radius 2 is 2.00 bits per heavy atom. The number of aryl methyl sites for hydroxylation is 1. The van der Waals surface area contributed by atoms with Crippen LogP contribution in [0, 0.1) is 0 Å². The van der Waals surface area contributed by atoms with E-state index in [1.165, 1.54) is 0 Å². The first-order valence-corrected chi connectivity index (χ1v) is 12.5. The van der Waals surface area contributed by atoms with Gasteiger partial charge in [-0.05, 0) is 12.1 Å². The number of imidazole rings is 1. The predicted octanol–water partition coefficient (Wildman–Crippen LogP) is 5.49. The molecular weight excluding hydrogens is 513 g/mol. The number of halogens is 2. The largest absolute Gasteiger partial charge is 0.490 e. The molecule has 188 valence electrons. The maximum absolute atomic E-state index is 6.59. The van der Waals surface area contributed by atoms with Gasteiger partial charge >= 0.3 is 0 Å². The molecule has 8 nitrogen and oxygen atoms in total. The zero-order chi connectivity index (χ0) is 25.4. The highest BCUT2D eigenvalue weighted by molar-refractivity contribution is 6.35. The first-order valence-electron chi connectivity index (χ1n) is 11.7. The third-order valence-corrected chi connectivity index (χ3v) is 6.76. The van der Waals surface area contributed by atoms with Crippen molar-refractivity contribution in [3.8, 4) is 17.0 Å². The van der Waals surface area contributed by atoms with Gasteiger partial charge in [0.25, 0.3) is 0 Å². The molecule has 0 amide bonds. The highest BCUT2D eigenvalue weighted by Gasteiger charge is 2.45. The molecule has 3 aromatic heterocycles. The molecule has 1 fully saturated rings. The molecule has 0 radical (unpaired) electrons. The van der Waals surface area contributed by atoms with E-state index in [-0.39, 0.29) is 12.7 Å². The van der Waals surface area contributed by atoms with Crippen LogP contribution in [0.15, 0.2) is 79.5 Å². The second-order valence-electron chi connectivity index (χ2n) is 8.89. The summed E-state index contributed by atoms with van der Waals surface area (Å²) in [4.78, 5) is 8.87. The van der Waals surface area contributed by atoms with Gasteiger partial charge in [-0.1, -0.05) is 59.6 Å². The van der Waals surface area contributed by atoms with E-state index in [4.69, 9.17) is 42.4 Å². The zero-order valence-corrected chi connectivity index (χ0v) is 21.4. The Hall–Kier alpha value is -3.43. The van der Waals surface area contributed by atoms with E-state index in [0.717, 1.165) is 16.6 Å². The molecule has 0 N–H and O–H groups in total. The van der Waals surface area contributed by atoms with Gasteiger partial charge in [-0.3, -0.25) is 4.68 Å². The van der Waals surface area contributed by atoms with Crippen molar-refractivity contribution in [2.75, 3.05) is 13.2 Å². The topological polar surface area (TPSA) is 76.2 Å². The predicted molar refractivity (Wildman–Crippen MR) is 141 cm³/mol. The second kappa shape index (κ2) is 9.79. The Labute approximate surface area is 223 Å². The number of nitrogens with zero attached hydrogens (tertiary/aromatic N) is 5. The highest BCUT2D eigenvalue weighted by atomic mass is 35.5. The van der Waals surface area contributed by atoms with Crippen LogP contribution in [-0.2, 0) is 28.9 Å². The summed E-state index contributed by atoms with van der Waals surface area (Å²) in [6.45, 7) is 0.949. The lowest BCUT2D eigenvalue weighted by Gasteiger charge is -2.30. The third-order valence-electron chi connectivity index (χ3n) is 6.21. The zero-order valence-electron chi connectivity index (χ0n) is 19.9. The fraction of sp³-hybridized carbons (Fsp3) is 0.222. The molecule has 0 spiro atoms. The lowest BCUT2D eigenvalue weighted by molar-refractivity contribution is -0.189. The van der Waals surface area contributed by atoms with E-state index < -0.39 is 5.79 Å². The van der Waals surface area contributed by atoms with Gasteiger partial charge in [0.15, 0.2) is 5.65 Å². The molecule has 1 saturated heterocycles. The maximum Gasteiger partial charge on any atom is 0.215 e. The van der Waals surface area contributed by atoms with Crippen molar-refractivity contribution in [2.24, 2.45) is 7.05 Å². The van der Waals surface area contributed by atoms with Gasteiger partial charge in [-0.25, -0.2) is 9.97 Å². The van der Waals surface area contributed by atoms with Crippen LogP contribution >= 0.6 is 23.2 Å². The molecular formula is C27H23Cl2N5O3. The van der Waals surface area contributed by atoms with Gasteiger partial charge in [0.1, 0.15) is 18.5 Å². The van der Waals surface area contributed by atoms with Crippen molar-refractivity contribution < 1.29 is 14.2 Å². The molecule has 5 aromatic rings. The van der Waals surface area contributed by atoms with Crippen LogP contribution in [0.25, 0.3) is 22.3 Å². The van der Waals surface area contributed by atoms with Gasteiger partial charge < -0.3 is 18.8 Å². The first-order chi connectivity index (χ1) is 18.0. The number of hydrogen-bond donors (Lipinski definition) is 0. The van der Waals surface area contributed by atoms with E-state index in [0.29, 0.717) is 40.2 Å². The fourth-order valence-corrected chi connectivity index (χ4v) is 5.07. The second-order valence-corrected chi connectivity index (χ2v) is 9.73. The Morgan fingerprint density at radius 1 is 1.14 bits per heavy atom. The van der Waals surface area contributed by atoms with Crippen LogP contribution in [0.5, 0.6) is 5.75 Å². The average molecular weight is 536 g/mol. The van der Waals surface area contributed by atoms with Gasteiger partial charge in [0.05, 0.1) is 35.6 Å².